The van der Waals surface area contributed by atoms with E-state index in [-0.39, 0.29) is 17.9 Å². The molecule has 1 aromatic carbocycles. The summed E-state index contributed by atoms with van der Waals surface area (Å²) in [5.41, 5.74) is 3.87. The number of hydrogen-bond acceptors (Lipinski definition) is 3. The van der Waals surface area contributed by atoms with E-state index in [0.717, 1.165) is 18.5 Å². The fourth-order valence-electron chi connectivity index (χ4n) is 2.99. The molecule has 2 aliphatic rings. The second kappa shape index (κ2) is 5.88. The highest BCUT2D eigenvalue weighted by Crippen LogP contribution is 2.43. The SMILES string of the molecule is CCCc1ccc(NC2CCC(=O)NC2=O)cc1C1CC1. The van der Waals surface area contributed by atoms with Crippen LogP contribution in [-0.4, -0.2) is 17.9 Å². The standard InChI is InChI=1S/C17H22N2O2/c1-2-3-11-6-7-13(10-14(11)12-4-5-12)18-15-8-9-16(20)19-17(15)21/h6-7,10,12,15,18H,2-5,8-9H2,1H3,(H,19,20,21). The van der Waals surface area contributed by atoms with Crippen molar-refractivity contribution in [1.82, 2.24) is 5.32 Å². The maximum Gasteiger partial charge on any atom is 0.249 e. The van der Waals surface area contributed by atoms with Crippen LogP contribution in [0.4, 0.5) is 5.69 Å². The van der Waals surface area contributed by atoms with Gasteiger partial charge in [0.1, 0.15) is 6.04 Å². The van der Waals surface area contributed by atoms with Gasteiger partial charge in [-0.2, -0.15) is 0 Å². The van der Waals surface area contributed by atoms with E-state index in [9.17, 15) is 9.59 Å². The van der Waals surface area contributed by atoms with Gasteiger partial charge in [-0.3, -0.25) is 14.9 Å². The molecule has 21 heavy (non-hydrogen) atoms. The summed E-state index contributed by atoms with van der Waals surface area (Å²) in [7, 11) is 0. The van der Waals surface area contributed by atoms with Crippen LogP contribution < -0.4 is 10.6 Å². The van der Waals surface area contributed by atoms with Crippen LogP contribution in [0.15, 0.2) is 18.2 Å². The Morgan fingerprint density at radius 3 is 2.71 bits per heavy atom. The highest BCUT2D eigenvalue weighted by molar-refractivity contribution is 6.01. The Labute approximate surface area is 125 Å². The third-order valence-corrected chi connectivity index (χ3v) is 4.26. The fourth-order valence-corrected chi connectivity index (χ4v) is 2.99. The number of amides is 2. The molecule has 3 rings (SSSR count). The van der Waals surface area contributed by atoms with Crippen molar-refractivity contribution in [1.29, 1.82) is 0 Å². The van der Waals surface area contributed by atoms with Crippen molar-refractivity contribution in [2.24, 2.45) is 0 Å². The molecule has 4 nitrogen and oxygen atoms in total. The molecule has 1 saturated carbocycles. The molecule has 0 bridgehead atoms. The van der Waals surface area contributed by atoms with Crippen molar-refractivity contribution in [3.8, 4) is 0 Å². The monoisotopic (exact) mass is 286 g/mol. The van der Waals surface area contributed by atoms with E-state index in [1.54, 1.807) is 0 Å². The van der Waals surface area contributed by atoms with E-state index >= 15 is 0 Å². The molecule has 1 aliphatic heterocycles. The summed E-state index contributed by atoms with van der Waals surface area (Å²) in [6.07, 6.45) is 5.80. The molecule has 2 fully saturated rings. The second-order valence-corrected chi connectivity index (χ2v) is 6.09. The second-order valence-electron chi connectivity index (χ2n) is 6.09. The third kappa shape index (κ3) is 3.26. The minimum absolute atomic E-state index is 0.171. The largest absolute Gasteiger partial charge is 0.374 e. The van der Waals surface area contributed by atoms with Gasteiger partial charge in [-0.15, -0.1) is 0 Å². The van der Waals surface area contributed by atoms with Crippen LogP contribution in [0.2, 0.25) is 0 Å². The van der Waals surface area contributed by atoms with Crippen molar-refractivity contribution in [3.63, 3.8) is 0 Å². The van der Waals surface area contributed by atoms with Crippen LogP contribution in [-0.2, 0) is 16.0 Å². The number of imide groups is 1. The number of nitrogens with one attached hydrogen (secondary N) is 2. The number of anilines is 1. The average molecular weight is 286 g/mol. The van der Waals surface area contributed by atoms with Gasteiger partial charge in [-0.1, -0.05) is 19.4 Å². The Kier molecular flexibility index (Phi) is 3.95. The van der Waals surface area contributed by atoms with Gasteiger partial charge in [0, 0.05) is 12.1 Å². The lowest BCUT2D eigenvalue weighted by molar-refractivity contribution is -0.133. The number of aryl methyl sites for hydroxylation is 1. The minimum atomic E-state index is -0.299. The first kappa shape index (κ1) is 14.1. The van der Waals surface area contributed by atoms with Crippen molar-refractivity contribution >= 4 is 17.5 Å². The maximum atomic E-state index is 11.8. The van der Waals surface area contributed by atoms with Crippen LogP contribution in [0.5, 0.6) is 0 Å². The predicted octanol–water partition coefficient (Wildman–Crippen LogP) is 2.73. The number of carbonyl (C=O) groups excluding carboxylic acids is 2. The third-order valence-electron chi connectivity index (χ3n) is 4.26. The summed E-state index contributed by atoms with van der Waals surface area (Å²) in [6.45, 7) is 2.20. The molecular formula is C17H22N2O2. The van der Waals surface area contributed by atoms with Gasteiger partial charge >= 0.3 is 0 Å². The van der Waals surface area contributed by atoms with Crippen molar-refractivity contribution in [2.45, 2.75) is 57.4 Å². The van der Waals surface area contributed by atoms with Crippen LogP contribution >= 0.6 is 0 Å². The van der Waals surface area contributed by atoms with Crippen LogP contribution in [0.25, 0.3) is 0 Å². The first-order valence-electron chi connectivity index (χ1n) is 7.90. The van der Waals surface area contributed by atoms with Gasteiger partial charge in [0.15, 0.2) is 0 Å². The zero-order valence-electron chi connectivity index (χ0n) is 12.4. The number of rotatable bonds is 5. The molecule has 1 heterocycles. The fraction of sp³-hybridized carbons (Fsp3) is 0.529. The van der Waals surface area contributed by atoms with Gasteiger partial charge in [-0.05, 0) is 54.9 Å². The summed E-state index contributed by atoms with van der Waals surface area (Å²) >= 11 is 0. The predicted molar refractivity (Wildman–Crippen MR) is 82.2 cm³/mol. The van der Waals surface area contributed by atoms with Crippen molar-refractivity contribution in [3.05, 3.63) is 29.3 Å². The molecule has 2 N–H and O–H groups in total. The van der Waals surface area contributed by atoms with Gasteiger partial charge in [-0.25, -0.2) is 0 Å². The van der Waals surface area contributed by atoms with Crippen LogP contribution in [0.1, 0.15) is 56.1 Å². The summed E-state index contributed by atoms with van der Waals surface area (Å²) in [5.74, 6) is 0.321. The zero-order chi connectivity index (χ0) is 14.8. The molecule has 112 valence electrons. The number of carbonyl (C=O) groups is 2. The molecule has 1 aliphatic carbocycles. The molecule has 2 amide bonds. The van der Waals surface area contributed by atoms with Gasteiger partial charge in [0.05, 0.1) is 0 Å². The van der Waals surface area contributed by atoms with Crippen molar-refractivity contribution in [2.75, 3.05) is 5.32 Å². The molecule has 0 aromatic heterocycles. The Hall–Kier alpha value is -1.84. The lowest BCUT2D eigenvalue weighted by Crippen LogP contribution is -2.47. The van der Waals surface area contributed by atoms with E-state index in [1.165, 1.54) is 24.0 Å². The molecule has 0 radical (unpaired) electrons. The van der Waals surface area contributed by atoms with E-state index in [2.05, 4.69) is 35.8 Å². The molecule has 1 saturated heterocycles. The Morgan fingerprint density at radius 2 is 2.05 bits per heavy atom. The average Bonchev–Trinajstić information content (AvgIpc) is 3.28. The van der Waals surface area contributed by atoms with E-state index < -0.39 is 0 Å². The Morgan fingerprint density at radius 1 is 1.24 bits per heavy atom. The topological polar surface area (TPSA) is 58.2 Å². The summed E-state index contributed by atoms with van der Waals surface area (Å²) in [4.78, 5) is 23.0. The minimum Gasteiger partial charge on any atom is -0.374 e. The van der Waals surface area contributed by atoms with Gasteiger partial charge < -0.3 is 5.32 Å². The molecule has 1 unspecified atom stereocenters. The first-order valence-corrected chi connectivity index (χ1v) is 7.90. The smallest absolute Gasteiger partial charge is 0.249 e. The molecular weight excluding hydrogens is 264 g/mol. The summed E-state index contributed by atoms with van der Waals surface area (Å²) < 4.78 is 0. The molecule has 4 heteroatoms. The highest BCUT2D eigenvalue weighted by atomic mass is 16.2. The molecule has 1 aromatic rings. The van der Waals surface area contributed by atoms with Crippen LogP contribution in [0.3, 0.4) is 0 Å². The van der Waals surface area contributed by atoms with Crippen LogP contribution in [0, 0.1) is 0 Å². The number of benzene rings is 1. The summed E-state index contributed by atoms with van der Waals surface area (Å²) in [6, 6.07) is 6.14. The number of piperidine rings is 1. The highest BCUT2D eigenvalue weighted by Gasteiger charge is 2.28. The zero-order valence-corrected chi connectivity index (χ0v) is 12.4. The first-order chi connectivity index (χ1) is 10.2. The lowest BCUT2D eigenvalue weighted by atomic mass is 9.98. The molecule has 0 spiro atoms. The van der Waals surface area contributed by atoms with E-state index in [4.69, 9.17) is 0 Å². The lowest BCUT2D eigenvalue weighted by Gasteiger charge is -2.23. The number of hydrogen-bond donors (Lipinski definition) is 2. The van der Waals surface area contributed by atoms with Gasteiger partial charge in [0.25, 0.3) is 0 Å². The van der Waals surface area contributed by atoms with E-state index in [0.29, 0.717) is 18.8 Å². The van der Waals surface area contributed by atoms with Crippen molar-refractivity contribution < 1.29 is 9.59 Å². The Balaban J connectivity index is 1.75. The quantitative estimate of drug-likeness (QED) is 0.818. The maximum absolute atomic E-state index is 11.8. The molecule has 1 atom stereocenters. The van der Waals surface area contributed by atoms with E-state index in [1.807, 2.05) is 0 Å². The summed E-state index contributed by atoms with van der Waals surface area (Å²) in [5, 5.41) is 5.67. The van der Waals surface area contributed by atoms with Gasteiger partial charge in [0.2, 0.25) is 11.8 Å². The normalized spacial score (nSPS) is 22.0. The Bertz CT molecular complexity index is 564.